The van der Waals surface area contributed by atoms with E-state index >= 15 is 0 Å². The first kappa shape index (κ1) is 14.5. The summed E-state index contributed by atoms with van der Waals surface area (Å²) >= 11 is 0. The topological polar surface area (TPSA) is 92.1 Å². The summed E-state index contributed by atoms with van der Waals surface area (Å²) < 4.78 is 27.0. The lowest BCUT2D eigenvalue weighted by atomic mass is 9.90. The molecule has 0 bridgehead atoms. The number of H-pyrrole nitrogens is 1. The summed E-state index contributed by atoms with van der Waals surface area (Å²) in [5.74, 6) is 0.933. The summed E-state index contributed by atoms with van der Waals surface area (Å²) in [6.45, 7) is 7.25. The fourth-order valence-electron chi connectivity index (χ4n) is 2.52. The van der Waals surface area contributed by atoms with E-state index in [2.05, 4.69) is 24.0 Å². The first-order valence-corrected chi connectivity index (χ1v) is 8.06. The molecule has 2 rings (SSSR count). The van der Waals surface area contributed by atoms with Gasteiger partial charge in [0, 0.05) is 19.6 Å². The van der Waals surface area contributed by atoms with Crippen LogP contribution in [-0.2, 0) is 16.6 Å². The monoisotopic (exact) mass is 286 g/mol. The average Bonchev–Trinajstić information content (AvgIpc) is 2.74. The van der Waals surface area contributed by atoms with Gasteiger partial charge in [0.1, 0.15) is 4.90 Å². The van der Waals surface area contributed by atoms with Crippen molar-refractivity contribution in [2.45, 2.75) is 38.6 Å². The SMILES string of the molecule is Cc1[nH]nc(CN)c1S(=O)(=O)N1CCC(C)C(C)C1. The van der Waals surface area contributed by atoms with Gasteiger partial charge in [-0.3, -0.25) is 5.10 Å². The lowest BCUT2D eigenvalue weighted by molar-refractivity contribution is 0.212. The van der Waals surface area contributed by atoms with Crippen LogP contribution in [0.1, 0.15) is 31.7 Å². The molecule has 6 nitrogen and oxygen atoms in total. The summed E-state index contributed by atoms with van der Waals surface area (Å²) in [5.41, 5.74) is 6.56. The van der Waals surface area contributed by atoms with Crippen molar-refractivity contribution in [3.63, 3.8) is 0 Å². The third-order valence-corrected chi connectivity index (χ3v) is 6.12. The molecular formula is C12H22N4O2S. The number of aromatic amines is 1. The number of nitrogens with two attached hydrogens (primary N) is 1. The Balaban J connectivity index is 2.35. The number of nitrogens with one attached hydrogen (secondary N) is 1. The molecule has 19 heavy (non-hydrogen) atoms. The molecule has 2 atom stereocenters. The minimum absolute atomic E-state index is 0.124. The molecule has 1 aromatic rings. The highest BCUT2D eigenvalue weighted by atomic mass is 32.2. The molecule has 1 aliphatic rings. The number of aryl methyl sites for hydroxylation is 1. The number of rotatable bonds is 3. The van der Waals surface area contributed by atoms with Crippen LogP contribution in [0, 0.1) is 18.8 Å². The van der Waals surface area contributed by atoms with Crippen molar-refractivity contribution in [2.75, 3.05) is 13.1 Å². The molecule has 0 amide bonds. The largest absolute Gasteiger partial charge is 0.325 e. The molecule has 0 aliphatic carbocycles. The van der Waals surface area contributed by atoms with Gasteiger partial charge in [-0.1, -0.05) is 13.8 Å². The van der Waals surface area contributed by atoms with Crippen LogP contribution in [-0.4, -0.2) is 36.0 Å². The number of hydrogen-bond donors (Lipinski definition) is 2. The predicted molar refractivity (Wildman–Crippen MR) is 72.9 cm³/mol. The van der Waals surface area contributed by atoms with Crippen LogP contribution in [0.15, 0.2) is 4.90 Å². The number of nitrogens with zero attached hydrogens (tertiary/aromatic N) is 2. The van der Waals surface area contributed by atoms with Crippen molar-refractivity contribution < 1.29 is 8.42 Å². The highest BCUT2D eigenvalue weighted by molar-refractivity contribution is 7.89. The van der Waals surface area contributed by atoms with Crippen LogP contribution in [0.3, 0.4) is 0 Å². The molecule has 3 N–H and O–H groups in total. The average molecular weight is 286 g/mol. The first-order chi connectivity index (χ1) is 8.87. The van der Waals surface area contributed by atoms with Gasteiger partial charge in [-0.25, -0.2) is 8.42 Å². The molecule has 0 radical (unpaired) electrons. The van der Waals surface area contributed by atoms with E-state index in [1.165, 1.54) is 0 Å². The molecule has 1 aromatic heterocycles. The Hall–Kier alpha value is -0.920. The standard InChI is InChI=1S/C12H22N4O2S/c1-8-4-5-16(7-9(8)2)19(17,18)12-10(3)14-15-11(12)6-13/h8-9H,4-7,13H2,1-3H3,(H,14,15). The Kier molecular flexibility index (Phi) is 3.98. The quantitative estimate of drug-likeness (QED) is 0.861. The third kappa shape index (κ3) is 2.54. The fourth-order valence-corrected chi connectivity index (χ4v) is 4.42. The zero-order valence-electron chi connectivity index (χ0n) is 11.7. The van der Waals surface area contributed by atoms with Gasteiger partial charge in [-0.15, -0.1) is 0 Å². The van der Waals surface area contributed by atoms with Gasteiger partial charge in [-0.05, 0) is 25.2 Å². The maximum atomic E-state index is 12.7. The van der Waals surface area contributed by atoms with Crippen molar-refractivity contribution in [2.24, 2.45) is 17.6 Å². The van der Waals surface area contributed by atoms with E-state index in [-0.39, 0.29) is 11.4 Å². The van der Waals surface area contributed by atoms with Crippen LogP contribution in [0.5, 0.6) is 0 Å². The van der Waals surface area contributed by atoms with Gasteiger partial charge in [0.25, 0.3) is 0 Å². The van der Waals surface area contributed by atoms with Crippen LogP contribution in [0.2, 0.25) is 0 Å². The predicted octanol–water partition coefficient (Wildman–Crippen LogP) is 0.843. The zero-order valence-corrected chi connectivity index (χ0v) is 12.5. The smallest absolute Gasteiger partial charge is 0.246 e. The molecule has 2 heterocycles. The van der Waals surface area contributed by atoms with E-state index in [1.807, 2.05) is 0 Å². The summed E-state index contributed by atoms with van der Waals surface area (Å²) in [5, 5.41) is 6.69. The minimum atomic E-state index is -3.49. The second kappa shape index (κ2) is 5.22. The van der Waals surface area contributed by atoms with Crippen molar-refractivity contribution >= 4 is 10.0 Å². The van der Waals surface area contributed by atoms with E-state index in [4.69, 9.17) is 5.73 Å². The maximum absolute atomic E-state index is 12.7. The molecular weight excluding hydrogens is 264 g/mol. The first-order valence-electron chi connectivity index (χ1n) is 6.62. The number of piperidine rings is 1. The second-order valence-electron chi connectivity index (χ2n) is 5.43. The molecule has 0 aromatic carbocycles. The van der Waals surface area contributed by atoms with Gasteiger partial charge in [0.15, 0.2) is 0 Å². The van der Waals surface area contributed by atoms with Gasteiger partial charge < -0.3 is 5.73 Å². The highest BCUT2D eigenvalue weighted by Gasteiger charge is 2.34. The summed E-state index contributed by atoms with van der Waals surface area (Å²) in [4.78, 5) is 0.261. The van der Waals surface area contributed by atoms with E-state index < -0.39 is 10.0 Å². The van der Waals surface area contributed by atoms with Gasteiger partial charge in [0.05, 0.1) is 11.4 Å². The molecule has 1 saturated heterocycles. The lowest BCUT2D eigenvalue weighted by Crippen LogP contribution is -2.42. The molecule has 1 aliphatic heterocycles. The number of hydrogen-bond acceptors (Lipinski definition) is 4. The summed E-state index contributed by atoms with van der Waals surface area (Å²) in [6.07, 6.45) is 0.898. The lowest BCUT2D eigenvalue weighted by Gasteiger charge is -2.34. The normalized spacial score (nSPS) is 25.7. The Morgan fingerprint density at radius 1 is 1.42 bits per heavy atom. The van der Waals surface area contributed by atoms with Gasteiger partial charge >= 0.3 is 0 Å². The van der Waals surface area contributed by atoms with E-state index in [1.54, 1.807) is 11.2 Å². The summed E-state index contributed by atoms with van der Waals surface area (Å²) in [7, 11) is -3.49. The third-order valence-electron chi connectivity index (χ3n) is 4.05. The fraction of sp³-hybridized carbons (Fsp3) is 0.750. The van der Waals surface area contributed by atoms with E-state index in [0.717, 1.165) is 6.42 Å². The zero-order chi connectivity index (χ0) is 14.2. The molecule has 2 unspecified atom stereocenters. The van der Waals surface area contributed by atoms with Gasteiger partial charge in [0.2, 0.25) is 10.0 Å². The number of aromatic nitrogens is 2. The van der Waals surface area contributed by atoms with Gasteiger partial charge in [-0.2, -0.15) is 9.40 Å². The van der Waals surface area contributed by atoms with Crippen LogP contribution < -0.4 is 5.73 Å². The van der Waals surface area contributed by atoms with Crippen molar-refractivity contribution in [3.8, 4) is 0 Å². The number of sulfonamides is 1. The van der Waals surface area contributed by atoms with Crippen LogP contribution in [0.25, 0.3) is 0 Å². The second-order valence-corrected chi connectivity index (χ2v) is 7.31. The summed E-state index contributed by atoms with van der Waals surface area (Å²) in [6, 6.07) is 0. The Morgan fingerprint density at radius 3 is 2.68 bits per heavy atom. The Morgan fingerprint density at radius 2 is 2.11 bits per heavy atom. The Bertz CT molecular complexity index is 552. The highest BCUT2D eigenvalue weighted by Crippen LogP contribution is 2.29. The van der Waals surface area contributed by atoms with E-state index in [9.17, 15) is 8.42 Å². The molecule has 1 fully saturated rings. The van der Waals surface area contributed by atoms with Crippen LogP contribution in [0.4, 0.5) is 0 Å². The van der Waals surface area contributed by atoms with Crippen molar-refractivity contribution in [3.05, 3.63) is 11.4 Å². The van der Waals surface area contributed by atoms with E-state index in [0.29, 0.717) is 36.3 Å². The molecule has 0 saturated carbocycles. The molecule has 108 valence electrons. The molecule has 0 spiro atoms. The maximum Gasteiger partial charge on any atom is 0.246 e. The van der Waals surface area contributed by atoms with Crippen molar-refractivity contribution in [1.29, 1.82) is 0 Å². The Labute approximate surface area is 114 Å². The van der Waals surface area contributed by atoms with Crippen LogP contribution >= 0.6 is 0 Å². The van der Waals surface area contributed by atoms with Crippen molar-refractivity contribution in [1.82, 2.24) is 14.5 Å². The molecule has 7 heteroatoms. The minimum Gasteiger partial charge on any atom is -0.325 e.